The lowest BCUT2D eigenvalue weighted by Crippen LogP contribution is -2.85. The van der Waals surface area contributed by atoms with Gasteiger partial charge in [0.25, 0.3) is 0 Å². The van der Waals surface area contributed by atoms with Gasteiger partial charge in [-0.15, -0.1) is 10.2 Å². The molecule has 6 heteroatoms. The number of aromatic nitrogens is 3. The highest BCUT2D eigenvalue weighted by molar-refractivity contribution is 7.99. The molecule has 0 aliphatic heterocycles. The van der Waals surface area contributed by atoms with Crippen molar-refractivity contribution in [2.75, 3.05) is 25.4 Å². The smallest absolute Gasteiger partial charge is 0.191 e. The fourth-order valence-corrected chi connectivity index (χ4v) is 4.59. The third kappa shape index (κ3) is 5.12. The summed E-state index contributed by atoms with van der Waals surface area (Å²) in [6.45, 7) is 8.71. The molecule has 1 fully saturated rings. The molecule has 0 amide bonds. The van der Waals surface area contributed by atoms with Crippen molar-refractivity contribution in [3.05, 3.63) is 29.8 Å². The predicted molar refractivity (Wildman–Crippen MR) is 111 cm³/mol. The van der Waals surface area contributed by atoms with E-state index in [1.165, 1.54) is 31.2 Å². The number of benzene rings is 1. The van der Waals surface area contributed by atoms with Crippen LogP contribution >= 0.6 is 11.8 Å². The molecular weight excluding hydrogens is 356 g/mol. The zero-order valence-electron chi connectivity index (χ0n) is 16.8. The van der Waals surface area contributed by atoms with Crippen LogP contribution in [0.5, 0.6) is 0 Å². The number of aliphatic hydroxyl groups is 1. The lowest BCUT2D eigenvalue weighted by molar-refractivity contribution is -0.651. The number of thioether (sulfide) groups is 1. The van der Waals surface area contributed by atoms with Crippen molar-refractivity contribution in [2.45, 2.75) is 63.1 Å². The summed E-state index contributed by atoms with van der Waals surface area (Å²) in [5, 5.41) is 21.2. The van der Waals surface area contributed by atoms with Gasteiger partial charge in [0.05, 0.1) is 25.4 Å². The Hall–Kier alpha value is -1.37. The van der Waals surface area contributed by atoms with Crippen LogP contribution in [0.1, 0.15) is 58.1 Å². The first-order valence-corrected chi connectivity index (χ1v) is 11.1. The number of quaternary nitrogens is 1. The number of nitrogens with two attached hydrogens (primary N) is 1. The van der Waals surface area contributed by atoms with Gasteiger partial charge in [-0.25, -0.2) is 0 Å². The maximum atomic E-state index is 8.90. The van der Waals surface area contributed by atoms with Crippen molar-refractivity contribution in [1.82, 2.24) is 14.8 Å². The largest absolute Gasteiger partial charge is 0.391 e. The van der Waals surface area contributed by atoms with E-state index in [0.717, 1.165) is 35.4 Å². The molecule has 1 aromatic carbocycles. The molecule has 3 N–H and O–H groups in total. The second-order valence-corrected chi connectivity index (χ2v) is 9.44. The van der Waals surface area contributed by atoms with Crippen LogP contribution in [-0.2, 0) is 5.41 Å². The minimum Gasteiger partial charge on any atom is -0.391 e. The summed E-state index contributed by atoms with van der Waals surface area (Å²) in [5.74, 6) is 1.98. The average Bonchev–Trinajstić information content (AvgIpc) is 3.30. The Balaban J connectivity index is 1.82. The average molecular weight is 390 g/mol. The maximum absolute atomic E-state index is 8.90. The van der Waals surface area contributed by atoms with Crippen molar-refractivity contribution in [3.8, 4) is 11.4 Å². The molecule has 1 aliphatic carbocycles. The zero-order chi connectivity index (χ0) is 19.3. The van der Waals surface area contributed by atoms with Crippen LogP contribution in [0.15, 0.2) is 29.4 Å². The minimum absolute atomic E-state index is 0.156. The first-order valence-electron chi connectivity index (χ1n) is 10.1. The Bertz CT molecular complexity index is 715. The highest BCUT2D eigenvalue weighted by Gasteiger charge is 2.25. The van der Waals surface area contributed by atoms with Crippen LogP contribution in [0.3, 0.4) is 0 Å². The van der Waals surface area contributed by atoms with E-state index in [-0.39, 0.29) is 12.0 Å². The number of aliphatic hydroxyl groups excluding tert-OH is 1. The molecule has 1 heterocycles. The number of hydrogen-bond acceptors (Lipinski definition) is 4. The van der Waals surface area contributed by atoms with Gasteiger partial charge in [0.15, 0.2) is 11.0 Å². The van der Waals surface area contributed by atoms with Gasteiger partial charge in [-0.3, -0.25) is 4.57 Å². The second kappa shape index (κ2) is 9.22. The van der Waals surface area contributed by atoms with Crippen LogP contribution < -0.4 is 5.32 Å². The van der Waals surface area contributed by atoms with Gasteiger partial charge in [-0.1, -0.05) is 69.6 Å². The highest BCUT2D eigenvalue weighted by atomic mass is 32.2. The molecule has 0 saturated heterocycles. The Morgan fingerprint density at radius 3 is 2.44 bits per heavy atom. The van der Waals surface area contributed by atoms with Gasteiger partial charge in [-0.2, -0.15) is 0 Å². The molecule has 5 nitrogen and oxygen atoms in total. The molecule has 0 atom stereocenters. The molecule has 0 radical (unpaired) electrons. The monoisotopic (exact) mass is 389 g/mol. The van der Waals surface area contributed by atoms with E-state index < -0.39 is 0 Å². The molecule has 148 valence electrons. The first-order chi connectivity index (χ1) is 13.0. The van der Waals surface area contributed by atoms with Crippen LogP contribution in [0.2, 0.25) is 0 Å². The Morgan fingerprint density at radius 2 is 1.81 bits per heavy atom. The molecule has 27 heavy (non-hydrogen) atoms. The van der Waals surface area contributed by atoms with Crippen LogP contribution in [0.4, 0.5) is 0 Å². The third-order valence-corrected chi connectivity index (χ3v) is 6.23. The molecule has 0 unspecified atom stereocenters. The van der Waals surface area contributed by atoms with Gasteiger partial charge in [-0.05, 0) is 23.8 Å². The number of hydrogen-bond donors (Lipinski definition) is 2. The normalized spacial score (nSPS) is 15.6. The lowest BCUT2D eigenvalue weighted by Gasteiger charge is -2.20. The molecule has 3 rings (SSSR count). The molecule has 2 aromatic rings. The van der Waals surface area contributed by atoms with E-state index in [9.17, 15) is 0 Å². The minimum atomic E-state index is 0.156. The summed E-state index contributed by atoms with van der Waals surface area (Å²) in [5.41, 5.74) is 2.65. The van der Waals surface area contributed by atoms with E-state index >= 15 is 0 Å². The topological polar surface area (TPSA) is 67.6 Å². The molecule has 0 bridgehead atoms. The predicted octanol–water partition coefficient (Wildman–Crippen LogP) is 3.01. The van der Waals surface area contributed by atoms with Gasteiger partial charge in [0.2, 0.25) is 0 Å². The van der Waals surface area contributed by atoms with Gasteiger partial charge < -0.3 is 10.4 Å². The summed E-state index contributed by atoms with van der Waals surface area (Å²) in [6, 6.07) is 9.35. The quantitative estimate of drug-likeness (QED) is 0.538. The Morgan fingerprint density at radius 1 is 1.11 bits per heavy atom. The number of rotatable bonds is 8. The third-order valence-electron chi connectivity index (χ3n) is 5.25. The van der Waals surface area contributed by atoms with E-state index in [1.807, 2.05) is 0 Å². The van der Waals surface area contributed by atoms with E-state index in [2.05, 4.69) is 65.1 Å². The van der Waals surface area contributed by atoms with Gasteiger partial charge in [0.1, 0.15) is 0 Å². The van der Waals surface area contributed by atoms with Crippen LogP contribution in [0, 0.1) is 0 Å². The molecule has 1 saturated carbocycles. The summed E-state index contributed by atoms with van der Waals surface area (Å²) in [7, 11) is 0. The highest BCUT2D eigenvalue weighted by Crippen LogP contribution is 2.36. The summed E-state index contributed by atoms with van der Waals surface area (Å²) >= 11 is 1.78. The lowest BCUT2D eigenvalue weighted by atomic mass is 9.86. The fraction of sp³-hybridized carbons (Fsp3) is 0.619. The molecule has 0 spiro atoms. The fourth-order valence-electron chi connectivity index (χ4n) is 3.65. The summed E-state index contributed by atoms with van der Waals surface area (Å²) in [6.07, 6.45) is 5.02. The second-order valence-electron chi connectivity index (χ2n) is 8.38. The Labute approximate surface area is 167 Å². The summed E-state index contributed by atoms with van der Waals surface area (Å²) in [4.78, 5) is 0. The summed E-state index contributed by atoms with van der Waals surface area (Å²) < 4.78 is 2.38. The van der Waals surface area contributed by atoms with E-state index in [1.54, 1.807) is 11.8 Å². The van der Waals surface area contributed by atoms with Crippen LogP contribution in [0.25, 0.3) is 11.4 Å². The van der Waals surface area contributed by atoms with Crippen molar-refractivity contribution in [1.29, 1.82) is 0 Å². The number of nitrogens with zero attached hydrogens (tertiary/aromatic N) is 3. The van der Waals surface area contributed by atoms with E-state index in [4.69, 9.17) is 5.11 Å². The SMILES string of the molecule is CC(C)(C)c1ccc(-c2nnc(SCC[NH2+]CCO)n2C2CCCC2)cc1. The standard InChI is InChI=1S/C21H32N4OS/c1-21(2,3)17-10-8-16(9-11-17)19-23-24-20(27-15-13-22-12-14-26)25(19)18-6-4-5-7-18/h8-11,18,22,26H,4-7,12-15H2,1-3H3/p+1. The van der Waals surface area contributed by atoms with E-state index in [0.29, 0.717) is 6.04 Å². The zero-order valence-corrected chi connectivity index (χ0v) is 17.6. The molecule has 1 aliphatic rings. The van der Waals surface area contributed by atoms with Crippen molar-refractivity contribution in [3.63, 3.8) is 0 Å². The van der Waals surface area contributed by atoms with Crippen molar-refractivity contribution >= 4 is 11.8 Å². The Kier molecular flexibility index (Phi) is 6.95. The van der Waals surface area contributed by atoms with Gasteiger partial charge in [0, 0.05) is 11.6 Å². The molecule has 1 aromatic heterocycles. The van der Waals surface area contributed by atoms with Crippen LogP contribution in [-0.4, -0.2) is 45.3 Å². The first kappa shape index (κ1) is 20.4. The van der Waals surface area contributed by atoms with Crippen molar-refractivity contribution in [2.24, 2.45) is 0 Å². The molecular formula is C21H33N4OS+. The maximum Gasteiger partial charge on any atom is 0.191 e. The van der Waals surface area contributed by atoms with Crippen molar-refractivity contribution < 1.29 is 10.4 Å². The van der Waals surface area contributed by atoms with Gasteiger partial charge >= 0.3 is 0 Å².